The number of aryl methyl sites for hydroxylation is 1. The molecule has 2 aromatic rings. The Balaban J connectivity index is 2.67. The van der Waals surface area contributed by atoms with Gasteiger partial charge in [0.2, 0.25) is 0 Å². The highest BCUT2D eigenvalue weighted by molar-refractivity contribution is 5.96. The largest absolute Gasteiger partial charge is 0.496 e. The van der Waals surface area contributed by atoms with Crippen molar-refractivity contribution in [3.8, 4) is 17.1 Å². The summed E-state index contributed by atoms with van der Waals surface area (Å²) in [5.41, 5.74) is 2.11. The standard InChI is InChI=1S/C15H17NO4/c1-8(2)10-5-6-12(19-4)11(7-10)14-13(15(17)18)9(3)16-20-14/h5-8H,1-4H3,(H,17,18). The molecule has 0 spiro atoms. The number of nitrogens with zero attached hydrogens (tertiary/aromatic N) is 1. The third-order valence-electron chi connectivity index (χ3n) is 3.21. The maximum atomic E-state index is 11.4. The Morgan fingerprint density at radius 3 is 2.65 bits per heavy atom. The number of carboxylic acids is 1. The Kier molecular flexibility index (Phi) is 3.79. The average Bonchev–Trinajstić information content (AvgIpc) is 2.79. The fourth-order valence-electron chi connectivity index (χ4n) is 2.07. The number of carboxylic acid groups (broad SMARTS) is 1. The first-order chi connectivity index (χ1) is 9.45. The third kappa shape index (κ3) is 2.39. The van der Waals surface area contributed by atoms with Crippen molar-refractivity contribution in [3.63, 3.8) is 0 Å². The lowest BCUT2D eigenvalue weighted by molar-refractivity contribution is 0.0696. The van der Waals surface area contributed by atoms with E-state index in [0.29, 0.717) is 22.9 Å². The zero-order valence-electron chi connectivity index (χ0n) is 11.9. The van der Waals surface area contributed by atoms with E-state index < -0.39 is 5.97 Å². The third-order valence-corrected chi connectivity index (χ3v) is 3.21. The Morgan fingerprint density at radius 2 is 2.10 bits per heavy atom. The molecule has 5 heteroatoms. The van der Waals surface area contributed by atoms with Crippen molar-refractivity contribution < 1.29 is 19.2 Å². The molecular formula is C15H17NO4. The first-order valence-corrected chi connectivity index (χ1v) is 6.33. The molecule has 0 saturated heterocycles. The van der Waals surface area contributed by atoms with Gasteiger partial charge in [-0.15, -0.1) is 0 Å². The number of hydrogen-bond donors (Lipinski definition) is 1. The SMILES string of the molecule is COc1ccc(C(C)C)cc1-c1onc(C)c1C(=O)O. The van der Waals surface area contributed by atoms with Crippen LogP contribution in [0.25, 0.3) is 11.3 Å². The minimum Gasteiger partial charge on any atom is -0.496 e. The molecule has 1 N–H and O–H groups in total. The maximum absolute atomic E-state index is 11.4. The van der Waals surface area contributed by atoms with Crippen molar-refractivity contribution in [2.75, 3.05) is 7.11 Å². The quantitative estimate of drug-likeness (QED) is 0.924. The Labute approximate surface area is 117 Å². The lowest BCUT2D eigenvalue weighted by atomic mass is 9.97. The summed E-state index contributed by atoms with van der Waals surface area (Å²) in [5, 5.41) is 13.1. The van der Waals surface area contributed by atoms with Gasteiger partial charge in [-0.25, -0.2) is 4.79 Å². The van der Waals surface area contributed by atoms with Gasteiger partial charge in [-0.2, -0.15) is 0 Å². The second-order valence-corrected chi connectivity index (χ2v) is 4.89. The van der Waals surface area contributed by atoms with E-state index in [1.165, 1.54) is 7.11 Å². The van der Waals surface area contributed by atoms with E-state index >= 15 is 0 Å². The molecule has 0 amide bonds. The van der Waals surface area contributed by atoms with E-state index in [1.807, 2.05) is 18.2 Å². The van der Waals surface area contributed by atoms with Gasteiger partial charge in [0.25, 0.3) is 0 Å². The summed E-state index contributed by atoms with van der Waals surface area (Å²) in [7, 11) is 1.54. The van der Waals surface area contributed by atoms with Crippen LogP contribution in [0.3, 0.4) is 0 Å². The number of ether oxygens (including phenoxy) is 1. The van der Waals surface area contributed by atoms with Gasteiger partial charge in [-0.3, -0.25) is 0 Å². The zero-order chi connectivity index (χ0) is 14.9. The first kappa shape index (κ1) is 14.1. The van der Waals surface area contributed by atoms with Crippen LogP contribution < -0.4 is 4.74 Å². The zero-order valence-corrected chi connectivity index (χ0v) is 11.9. The molecule has 1 aromatic heterocycles. The summed E-state index contributed by atoms with van der Waals surface area (Å²) in [6.07, 6.45) is 0. The fourth-order valence-corrected chi connectivity index (χ4v) is 2.07. The molecule has 5 nitrogen and oxygen atoms in total. The smallest absolute Gasteiger partial charge is 0.341 e. The molecule has 0 bridgehead atoms. The van der Waals surface area contributed by atoms with Crippen molar-refractivity contribution in [2.24, 2.45) is 0 Å². The van der Waals surface area contributed by atoms with E-state index in [9.17, 15) is 9.90 Å². The lowest BCUT2D eigenvalue weighted by Crippen LogP contribution is -2.00. The van der Waals surface area contributed by atoms with E-state index in [4.69, 9.17) is 9.26 Å². The van der Waals surface area contributed by atoms with Crippen molar-refractivity contribution >= 4 is 5.97 Å². The molecular weight excluding hydrogens is 258 g/mol. The van der Waals surface area contributed by atoms with Crippen molar-refractivity contribution in [3.05, 3.63) is 35.0 Å². The van der Waals surface area contributed by atoms with Gasteiger partial charge in [-0.1, -0.05) is 25.1 Å². The summed E-state index contributed by atoms with van der Waals surface area (Å²) in [5.74, 6) is 0.0510. The van der Waals surface area contributed by atoms with Crippen LogP contribution >= 0.6 is 0 Å². The molecule has 1 aromatic carbocycles. The van der Waals surface area contributed by atoms with Crippen LogP contribution in [-0.4, -0.2) is 23.3 Å². The second kappa shape index (κ2) is 5.36. The lowest BCUT2D eigenvalue weighted by Gasteiger charge is -2.11. The molecule has 0 aliphatic heterocycles. The van der Waals surface area contributed by atoms with Gasteiger partial charge in [-0.05, 0) is 30.5 Å². The van der Waals surface area contributed by atoms with Crippen molar-refractivity contribution in [1.82, 2.24) is 5.16 Å². The molecule has 20 heavy (non-hydrogen) atoms. The van der Waals surface area contributed by atoms with E-state index in [0.717, 1.165) is 5.56 Å². The van der Waals surface area contributed by atoms with E-state index in [1.54, 1.807) is 6.92 Å². The topological polar surface area (TPSA) is 72.6 Å². The predicted molar refractivity (Wildman–Crippen MR) is 74.3 cm³/mol. The summed E-state index contributed by atoms with van der Waals surface area (Å²) >= 11 is 0. The molecule has 2 rings (SSSR count). The molecule has 0 radical (unpaired) electrons. The van der Waals surface area contributed by atoms with Crippen molar-refractivity contribution in [2.45, 2.75) is 26.7 Å². The fraction of sp³-hybridized carbons (Fsp3) is 0.333. The van der Waals surface area contributed by atoms with E-state index in [-0.39, 0.29) is 11.3 Å². The number of carbonyl (C=O) groups is 1. The molecule has 0 atom stereocenters. The van der Waals surface area contributed by atoms with Crippen LogP contribution in [0.1, 0.15) is 41.4 Å². The Hall–Kier alpha value is -2.30. The number of rotatable bonds is 4. The molecule has 0 aliphatic carbocycles. The number of hydrogen-bond acceptors (Lipinski definition) is 4. The highest BCUT2D eigenvalue weighted by atomic mass is 16.5. The Bertz CT molecular complexity index is 643. The molecule has 106 valence electrons. The first-order valence-electron chi connectivity index (χ1n) is 6.33. The monoisotopic (exact) mass is 275 g/mol. The normalized spacial score (nSPS) is 10.8. The number of aromatic carboxylic acids is 1. The summed E-state index contributed by atoms with van der Waals surface area (Å²) in [6, 6.07) is 5.65. The van der Waals surface area contributed by atoms with Gasteiger partial charge >= 0.3 is 5.97 Å². The van der Waals surface area contributed by atoms with Gasteiger partial charge in [0, 0.05) is 0 Å². The maximum Gasteiger partial charge on any atom is 0.341 e. The molecule has 0 fully saturated rings. The van der Waals surface area contributed by atoms with Crippen molar-refractivity contribution in [1.29, 1.82) is 0 Å². The minimum absolute atomic E-state index is 0.0733. The van der Waals surface area contributed by atoms with Crippen LogP contribution in [0.2, 0.25) is 0 Å². The highest BCUT2D eigenvalue weighted by Crippen LogP contribution is 2.35. The Morgan fingerprint density at radius 1 is 1.40 bits per heavy atom. The van der Waals surface area contributed by atoms with Crippen LogP contribution in [0.4, 0.5) is 0 Å². The van der Waals surface area contributed by atoms with Crippen LogP contribution in [0.15, 0.2) is 22.7 Å². The van der Waals surface area contributed by atoms with E-state index in [2.05, 4.69) is 19.0 Å². The predicted octanol–water partition coefficient (Wildman–Crippen LogP) is 3.48. The van der Waals surface area contributed by atoms with Gasteiger partial charge in [0.15, 0.2) is 5.76 Å². The van der Waals surface area contributed by atoms with Gasteiger partial charge in [0.1, 0.15) is 11.3 Å². The van der Waals surface area contributed by atoms with Crippen LogP contribution in [-0.2, 0) is 0 Å². The number of aromatic nitrogens is 1. The minimum atomic E-state index is -1.06. The van der Waals surface area contributed by atoms with Gasteiger partial charge in [0.05, 0.1) is 18.4 Å². The summed E-state index contributed by atoms with van der Waals surface area (Å²) in [6.45, 7) is 5.74. The number of benzene rings is 1. The summed E-state index contributed by atoms with van der Waals surface area (Å²) in [4.78, 5) is 11.4. The van der Waals surface area contributed by atoms with Crippen LogP contribution in [0.5, 0.6) is 5.75 Å². The van der Waals surface area contributed by atoms with Gasteiger partial charge < -0.3 is 14.4 Å². The highest BCUT2D eigenvalue weighted by Gasteiger charge is 2.24. The van der Waals surface area contributed by atoms with Crippen LogP contribution in [0, 0.1) is 6.92 Å². The number of methoxy groups -OCH3 is 1. The summed E-state index contributed by atoms with van der Waals surface area (Å²) < 4.78 is 10.5. The molecule has 1 heterocycles. The molecule has 0 unspecified atom stereocenters. The average molecular weight is 275 g/mol. The second-order valence-electron chi connectivity index (χ2n) is 4.89. The molecule has 0 saturated carbocycles. The molecule has 0 aliphatic rings.